The number of aromatic nitrogens is 2. The lowest BCUT2D eigenvalue weighted by Crippen LogP contribution is -2.55. The van der Waals surface area contributed by atoms with E-state index in [1.165, 1.54) is 22.9 Å². The normalized spacial score (nSPS) is 21.6. The predicted octanol–water partition coefficient (Wildman–Crippen LogP) is 3.33. The minimum absolute atomic E-state index is 0.140. The third kappa shape index (κ3) is 6.17. The van der Waals surface area contributed by atoms with E-state index in [0.717, 1.165) is 76.1 Å². The van der Waals surface area contributed by atoms with E-state index >= 15 is 0 Å². The second-order valence-corrected chi connectivity index (χ2v) is 12.1. The fraction of sp³-hybridized carbons (Fsp3) is 0.545. The van der Waals surface area contributed by atoms with Crippen LogP contribution < -0.4 is 15.1 Å². The van der Waals surface area contributed by atoms with Crippen LogP contribution in [-0.2, 0) is 28.9 Å². The van der Waals surface area contributed by atoms with E-state index in [1.54, 1.807) is 4.90 Å². The van der Waals surface area contributed by atoms with Crippen molar-refractivity contribution >= 4 is 29.3 Å². The van der Waals surface area contributed by atoms with Crippen molar-refractivity contribution in [2.75, 3.05) is 60.9 Å². The van der Waals surface area contributed by atoms with Crippen molar-refractivity contribution in [2.45, 2.75) is 69.9 Å². The molecule has 226 valence electrons. The van der Waals surface area contributed by atoms with Crippen LogP contribution in [0.15, 0.2) is 36.9 Å². The number of aryl methyl sites for hydroxylation is 1. The molecule has 43 heavy (non-hydrogen) atoms. The highest BCUT2D eigenvalue weighted by Crippen LogP contribution is 2.36. The number of nitrogens with one attached hydrogen (secondary N) is 1. The summed E-state index contributed by atoms with van der Waals surface area (Å²) in [7, 11) is 0. The van der Waals surface area contributed by atoms with Gasteiger partial charge in [-0.2, -0.15) is 10.2 Å². The van der Waals surface area contributed by atoms with Gasteiger partial charge < -0.3 is 24.9 Å². The summed E-state index contributed by atoms with van der Waals surface area (Å²) in [6.07, 6.45) is 9.15. The Morgan fingerprint density at radius 1 is 1.07 bits per heavy atom. The number of nitriles is 1. The molecule has 2 aromatic rings. The second-order valence-electron chi connectivity index (χ2n) is 12.1. The molecule has 2 atom stereocenters. The van der Waals surface area contributed by atoms with Gasteiger partial charge in [-0.15, -0.1) is 0 Å². The molecule has 0 saturated carbocycles. The average molecular weight is 583 g/mol. The molecule has 1 N–H and O–H groups in total. The summed E-state index contributed by atoms with van der Waals surface area (Å²) in [5.41, 5.74) is 4.99. The van der Waals surface area contributed by atoms with Crippen molar-refractivity contribution in [1.82, 2.24) is 19.8 Å². The van der Waals surface area contributed by atoms with Crippen molar-refractivity contribution in [2.24, 2.45) is 0 Å². The topological polar surface area (TPSA) is 109 Å². The highest BCUT2D eigenvalue weighted by atomic mass is 16.2. The van der Waals surface area contributed by atoms with Crippen LogP contribution >= 0.6 is 0 Å². The number of hydrogen-bond acceptors (Lipinski definition) is 8. The van der Waals surface area contributed by atoms with Gasteiger partial charge in [-0.05, 0) is 56.2 Å². The minimum atomic E-state index is -0.231. The molecule has 2 fully saturated rings. The first kappa shape index (κ1) is 29.0. The van der Waals surface area contributed by atoms with Gasteiger partial charge in [-0.3, -0.25) is 9.59 Å². The fourth-order valence-electron chi connectivity index (χ4n) is 7.27. The second kappa shape index (κ2) is 13.0. The Bertz CT molecular complexity index is 1400. The predicted molar refractivity (Wildman–Crippen MR) is 167 cm³/mol. The molecule has 6 rings (SSSR count). The Morgan fingerprint density at radius 3 is 2.72 bits per heavy atom. The van der Waals surface area contributed by atoms with Crippen molar-refractivity contribution in [3.8, 4) is 6.07 Å². The molecule has 0 radical (unpaired) electrons. The van der Waals surface area contributed by atoms with Crippen LogP contribution in [0.2, 0.25) is 0 Å². The number of carbonyl (C=O) groups excluding carboxylic acids is 2. The van der Waals surface area contributed by atoms with Crippen LogP contribution in [0, 0.1) is 11.3 Å². The molecule has 2 unspecified atom stereocenters. The molecule has 2 saturated heterocycles. The van der Waals surface area contributed by atoms with Crippen molar-refractivity contribution < 1.29 is 9.59 Å². The van der Waals surface area contributed by atoms with Crippen LogP contribution in [0.3, 0.4) is 0 Å². The van der Waals surface area contributed by atoms with Gasteiger partial charge in [-0.1, -0.05) is 24.8 Å². The van der Waals surface area contributed by atoms with Crippen molar-refractivity contribution in [1.29, 1.82) is 5.26 Å². The first-order valence-corrected chi connectivity index (χ1v) is 15.9. The lowest BCUT2D eigenvalue weighted by Gasteiger charge is -2.43. The van der Waals surface area contributed by atoms with E-state index in [1.807, 2.05) is 4.90 Å². The molecule has 1 aromatic heterocycles. The number of fused-ring (bicyclic) bond motifs is 2. The Morgan fingerprint density at radius 2 is 1.91 bits per heavy atom. The number of likely N-dealkylation sites (tertiary alicyclic amines) is 1. The monoisotopic (exact) mass is 582 g/mol. The van der Waals surface area contributed by atoms with Gasteiger partial charge >= 0.3 is 0 Å². The fourth-order valence-corrected chi connectivity index (χ4v) is 7.27. The Kier molecular flexibility index (Phi) is 8.77. The summed E-state index contributed by atoms with van der Waals surface area (Å²) < 4.78 is 0. The molecular formula is C33H42N8O2. The van der Waals surface area contributed by atoms with Gasteiger partial charge in [0.25, 0.3) is 0 Å². The summed E-state index contributed by atoms with van der Waals surface area (Å²) in [6.45, 7) is 8.56. The van der Waals surface area contributed by atoms with Crippen molar-refractivity contribution in [3.05, 3.63) is 53.7 Å². The van der Waals surface area contributed by atoms with Gasteiger partial charge in [0.15, 0.2) is 0 Å². The zero-order valence-corrected chi connectivity index (χ0v) is 25.0. The van der Waals surface area contributed by atoms with Crippen LogP contribution in [-0.4, -0.2) is 89.5 Å². The number of anilines is 3. The SMILES string of the molecule is C=CC(=O)N1CCN(c2nc(NCCC(=O)N3CCCC3)nc3c2CCC(N2CCCc4ccccc42)C3)CC1CC#N. The summed E-state index contributed by atoms with van der Waals surface area (Å²) in [6, 6.07) is 11.1. The minimum Gasteiger partial charge on any atom is -0.368 e. The van der Waals surface area contributed by atoms with E-state index in [-0.39, 0.29) is 24.3 Å². The number of nitrogens with zero attached hydrogens (tertiary/aromatic N) is 7. The summed E-state index contributed by atoms with van der Waals surface area (Å²) in [4.78, 5) is 43.8. The first-order chi connectivity index (χ1) is 21.1. The van der Waals surface area contributed by atoms with Gasteiger partial charge in [0.05, 0.1) is 24.2 Å². The zero-order valence-electron chi connectivity index (χ0n) is 25.0. The summed E-state index contributed by atoms with van der Waals surface area (Å²) in [5, 5.41) is 12.9. The number of rotatable bonds is 8. The number of amides is 2. The van der Waals surface area contributed by atoms with Gasteiger partial charge in [-0.25, -0.2) is 4.98 Å². The standard InChI is InChI=1S/C33H42N8O2/c1-2-30(42)41-21-20-39(23-26(41)13-15-34)32-27-12-11-25(40-19-7-9-24-8-3-4-10-29(24)40)22-28(27)36-33(37-32)35-16-14-31(43)38-17-5-6-18-38/h2-4,8,10,25-26H,1,5-7,9,11-14,16-23H2,(H,35,36,37). The van der Waals surface area contributed by atoms with Gasteiger partial charge in [0.1, 0.15) is 5.82 Å². The molecule has 10 heteroatoms. The zero-order chi connectivity index (χ0) is 29.8. The van der Waals surface area contributed by atoms with E-state index in [9.17, 15) is 14.9 Å². The van der Waals surface area contributed by atoms with E-state index in [4.69, 9.17) is 9.97 Å². The van der Waals surface area contributed by atoms with Crippen LogP contribution in [0.4, 0.5) is 17.5 Å². The molecule has 0 bridgehead atoms. The Balaban J connectivity index is 1.26. The molecule has 3 aliphatic heterocycles. The molecular weight excluding hydrogens is 540 g/mol. The molecule has 0 spiro atoms. The number of carbonyl (C=O) groups is 2. The third-order valence-electron chi connectivity index (χ3n) is 9.46. The maximum absolute atomic E-state index is 12.7. The molecule has 4 aliphatic rings. The average Bonchev–Trinajstić information content (AvgIpc) is 3.59. The summed E-state index contributed by atoms with van der Waals surface area (Å²) >= 11 is 0. The van der Waals surface area contributed by atoms with E-state index in [2.05, 4.69) is 52.0 Å². The van der Waals surface area contributed by atoms with E-state index < -0.39 is 0 Å². The number of hydrogen-bond donors (Lipinski definition) is 1. The summed E-state index contributed by atoms with van der Waals surface area (Å²) in [5.74, 6) is 1.47. The molecule has 10 nitrogen and oxygen atoms in total. The number of benzene rings is 1. The molecule has 1 aliphatic carbocycles. The van der Waals surface area contributed by atoms with Crippen molar-refractivity contribution in [3.63, 3.8) is 0 Å². The number of piperazine rings is 1. The Hall–Kier alpha value is -4.13. The van der Waals surface area contributed by atoms with Gasteiger partial charge in [0.2, 0.25) is 17.8 Å². The maximum atomic E-state index is 12.7. The molecule has 1 aromatic carbocycles. The largest absolute Gasteiger partial charge is 0.368 e. The highest BCUT2D eigenvalue weighted by molar-refractivity contribution is 5.87. The van der Waals surface area contributed by atoms with Gasteiger partial charge in [0, 0.05) is 75.9 Å². The lowest BCUT2D eigenvalue weighted by molar-refractivity contribution is -0.130. The lowest BCUT2D eigenvalue weighted by atomic mass is 9.88. The van der Waals surface area contributed by atoms with Crippen LogP contribution in [0.1, 0.15) is 55.3 Å². The van der Waals surface area contributed by atoms with Crippen LogP contribution in [0.25, 0.3) is 0 Å². The smallest absolute Gasteiger partial charge is 0.246 e. The van der Waals surface area contributed by atoms with E-state index in [0.29, 0.717) is 44.6 Å². The first-order valence-electron chi connectivity index (χ1n) is 15.9. The maximum Gasteiger partial charge on any atom is 0.246 e. The highest BCUT2D eigenvalue weighted by Gasteiger charge is 2.35. The van der Waals surface area contributed by atoms with Crippen LogP contribution in [0.5, 0.6) is 0 Å². The quantitative estimate of drug-likeness (QED) is 0.473. The number of para-hydroxylation sites is 1. The molecule has 2 amide bonds. The Labute approximate surface area is 254 Å². The molecule has 4 heterocycles. The third-order valence-corrected chi connectivity index (χ3v) is 9.46.